The third-order valence-corrected chi connectivity index (χ3v) is 3.74. The molecule has 2 rings (SSSR count). The lowest BCUT2D eigenvalue weighted by Crippen LogP contribution is -2.14. The first kappa shape index (κ1) is 12.2. The number of thiophene rings is 1. The van der Waals surface area contributed by atoms with Crippen LogP contribution in [0.4, 0.5) is 5.69 Å². The van der Waals surface area contributed by atoms with Gasteiger partial charge in [-0.3, -0.25) is 0 Å². The van der Waals surface area contributed by atoms with Gasteiger partial charge in [0.05, 0.1) is 0 Å². The van der Waals surface area contributed by atoms with Crippen LogP contribution in [0, 0.1) is 0 Å². The van der Waals surface area contributed by atoms with Gasteiger partial charge in [-0.2, -0.15) is 0 Å². The summed E-state index contributed by atoms with van der Waals surface area (Å²) in [5.41, 5.74) is 2.56. The lowest BCUT2D eigenvalue weighted by Gasteiger charge is -2.17. The molecule has 0 amide bonds. The zero-order chi connectivity index (χ0) is 12.1. The summed E-state index contributed by atoms with van der Waals surface area (Å²) in [6.45, 7) is 4.47. The fraction of sp³-hybridized carbons (Fsp3) is 0.333. The molecule has 1 heterocycles. The molecule has 1 atom stereocenters. The Labute approximate surface area is 108 Å². The van der Waals surface area contributed by atoms with Gasteiger partial charge in [0, 0.05) is 22.2 Å². The maximum atomic E-state index is 3.61. The highest BCUT2D eigenvalue weighted by Gasteiger charge is 2.07. The van der Waals surface area contributed by atoms with Crippen molar-refractivity contribution in [2.45, 2.75) is 32.7 Å². The summed E-state index contributed by atoms with van der Waals surface area (Å²) in [6, 6.07) is 13.4. The highest BCUT2D eigenvalue weighted by molar-refractivity contribution is 7.13. The first-order chi connectivity index (χ1) is 8.31. The van der Waals surface area contributed by atoms with Crippen LogP contribution in [0.3, 0.4) is 0 Å². The van der Waals surface area contributed by atoms with E-state index in [2.05, 4.69) is 60.9 Å². The fourth-order valence-electron chi connectivity index (χ4n) is 2.03. The summed E-state index contributed by atoms with van der Waals surface area (Å²) in [5, 5.41) is 5.73. The standard InChI is InChI=1S/C15H19NS/c1-3-7-12(2)16-14-9-5-4-8-13(14)15-10-6-11-17-15/h4-6,8-12,16H,3,7H2,1-2H3. The molecule has 90 valence electrons. The van der Waals surface area contributed by atoms with Gasteiger partial charge in [-0.1, -0.05) is 37.6 Å². The van der Waals surface area contributed by atoms with Crippen molar-refractivity contribution in [3.63, 3.8) is 0 Å². The fourth-order valence-corrected chi connectivity index (χ4v) is 2.79. The molecule has 0 aliphatic heterocycles. The molecular formula is C15H19NS. The number of rotatable bonds is 5. The molecular weight excluding hydrogens is 226 g/mol. The molecule has 0 bridgehead atoms. The molecule has 0 aliphatic carbocycles. The molecule has 1 aromatic heterocycles. The van der Waals surface area contributed by atoms with Gasteiger partial charge in [0.2, 0.25) is 0 Å². The second kappa shape index (κ2) is 5.87. The van der Waals surface area contributed by atoms with Gasteiger partial charge in [0.25, 0.3) is 0 Å². The molecule has 2 aromatic rings. The first-order valence-electron chi connectivity index (χ1n) is 6.20. The van der Waals surface area contributed by atoms with Crippen molar-refractivity contribution in [2.75, 3.05) is 5.32 Å². The van der Waals surface area contributed by atoms with Crippen molar-refractivity contribution in [3.05, 3.63) is 41.8 Å². The second-order valence-corrected chi connectivity index (χ2v) is 5.30. The number of hydrogen-bond donors (Lipinski definition) is 1. The maximum Gasteiger partial charge on any atom is 0.0430 e. The minimum atomic E-state index is 0.529. The van der Waals surface area contributed by atoms with Crippen LogP contribution in [0.15, 0.2) is 41.8 Å². The lowest BCUT2D eigenvalue weighted by atomic mass is 10.1. The average molecular weight is 245 g/mol. The van der Waals surface area contributed by atoms with Gasteiger partial charge in [-0.15, -0.1) is 11.3 Å². The third kappa shape index (κ3) is 3.10. The molecule has 1 aromatic carbocycles. The molecule has 1 unspecified atom stereocenters. The summed E-state index contributed by atoms with van der Waals surface area (Å²) in [5.74, 6) is 0. The van der Waals surface area contributed by atoms with Crippen molar-refractivity contribution < 1.29 is 0 Å². The van der Waals surface area contributed by atoms with Crippen LogP contribution in [0.25, 0.3) is 10.4 Å². The molecule has 0 aliphatic rings. The van der Waals surface area contributed by atoms with Crippen molar-refractivity contribution >= 4 is 17.0 Å². The summed E-state index contributed by atoms with van der Waals surface area (Å²) < 4.78 is 0. The van der Waals surface area contributed by atoms with E-state index in [1.54, 1.807) is 11.3 Å². The molecule has 0 spiro atoms. The van der Waals surface area contributed by atoms with E-state index in [-0.39, 0.29) is 0 Å². The lowest BCUT2D eigenvalue weighted by molar-refractivity contribution is 0.691. The maximum absolute atomic E-state index is 3.61. The van der Waals surface area contributed by atoms with Gasteiger partial charge < -0.3 is 5.32 Å². The van der Waals surface area contributed by atoms with Crippen LogP contribution >= 0.6 is 11.3 Å². The molecule has 17 heavy (non-hydrogen) atoms. The molecule has 1 nitrogen and oxygen atoms in total. The summed E-state index contributed by atoms with van der Waals surface area (Å²) in [6.07, 6.45) is 2.42. The Kier molecular flexibility index (Phi) is 4.21. The summed E-state index contributed by atoms with van der Waals surface area (Å²) in [7, 11) is 0. The predicted octanol–water partition coefficient (Wildman–Crippen LogP) is 5.02. The second-order valence-electron chi connectivity index (χ2n) is 4.36. The van der Waals surface area contributed by atoms with E-state index >= 15 is 0 Å². The van der Waals surface area contributed by atoms with Crippen LogP contribution in [-0.4, -0.2) is 6.04 Å². The van der Waals surface area contributed by atoms with Crippen molar-refractivity contribution in [1.82, 2.24) is 0 Å². The first-order valence-corrected chi connectivity index (χ1v) is 7.08. The van der Waals surface area contributed by atoms with Crippen molar-refractivity contribution in [3.8, 4) is 10.4 Å². The number of nitrogens with one attached hydrogen (secondary N) is 1. The van der Waals surface area contributed by atoms with Crippen molar-refractivity contribution in [2.24, 2.45) is 0 Å². The van der Waals surface area contributed by atoms with Crippen LogP contribution in [0.2, 0.25) is 0 Å². The Balaban J connectivity index is 2.22. The van der Waals surface area contributed by atoms with Gasteiger partial charge in [0.1, 0.15) is 0 Å². The Hall–Kier alpha value is -1.28. The predicted molar refractivity (Wildman–Crippen MR) is 77.7 cm³/mol. The van der Waals surface area contributed by atoms with Gasteiger partial charge >= 0.3 is 0 Å². The van der Waals surface area contributed by atoms with Crippen LogP contribution < -0.4 is 5.32 Å². The topological polar surface area (TPSA) is 12.0 Å². The Morgan fingerprint density at radius 2 is 2.00 bits per heavy atom. The van der Waals surface area contributed by atoms with E-state index < -0.39 is 0 Å². The molecule has 0 saturated carbocycles. The van der Waals surface area contributed by atoms with E-state index in [1.165, 1.54) is 29.0 Å². The third-order valence-electron chi connectivity index (χ3n) is 2.84. The summed E-state index contributed by atoms with van der Waals surface area (Å²) >= 11 is 1.79. The minimum absolute atomic E-state index is 0.529. The van der Waals surface area contributed by atoms with Crippen LogP contribution in [0.1, 0.15) is 26.7 Å². The number of anilines is 1. The monoisotopic (exact) mass is 245 g/mol. The van der Waals surface area contributed by atoms with E-state index in [9.17, 15) is 0 Å². The number of benzene rings is 1. The Bertz CT molecular complexity index is 448. The van der Waals surface area contributed by atoms with E-state index in [4.69, 9.17) is 0 Å². The molecule has 1 N–H and O–H groups in total. The number of hydrogen-bond acceptors (Lipinski definition) is 2. The van der Waals surface area contributed by atoms with Gasteiger partial charge in [-0.25, -0.2) is 0 Å². The van der Waals surface area contributed by atoms with Gasteiger partial charge in [0.15, 0.2) is 0 Å². The molecule has 2 heteroatoms. The Morgan fingerprint density at radius 1 is 1.18 bits per heavy atom. The average Bonchev–Trinajstić information content (AvgIpc) is 2.83. The summed E-state index contributed by atoms with van der Waals surface area (Å²) in [4.78, 5) is 1.33. The largest absolute Gasteiger partial charge is 0.382 e. The highest BCUT2D eigenvalue weighted by atomic mass is 32.1. The van der Waals surface area contributed by atoms with E-state index in [1.807, 2.05) is 0 Å². The van der Waals surface area contributed by atoms with Crippen molar-refractivity contribution in [1.29, 1.82) is 0 Å². The molecule has 0 saturated heterocycles. The smallest absolute Gasteiger partial charge is 0.0430 e. The van der Waals surface area contributed by atoms with E-state index in [0.717, 1.165) is 0 Å². The normalized spacial score (nSPS) is 12.4. The van der Waals surface area contributed by atoms with E-state index in [0.29, 0.717) is 6.04 Å². The minimum Gasteiger partial charge on any atom is -0.382 e. The van der Waals surface area contributed by atoms with Crippen LogP contribution in [-0.2, 0) is 0 Å². The molecule has 0 radical (unpaired) electrons. The number of para-hydroxylation sites is 1. The van der Waals surface area contributed by atoms with Gasteiger partial charge in [-0.05, 0) is 30.9 Å². The van der Waals surface area contributed by atoms with Crippen LogP contribution in [0.5, 0.6) is 0 Å². The zero-order valence-corrected chi connectivity index (χ0v) is 11.3. The highest BCUT2D eigenvalue weighted by Crippen LogP contribution is 2.31. The Morgan fingerprint density at radius 3 is 2.71 bits per heavy atom. The molecule has 0 fully saturated rings. The SMILES string of the molecule is CCCC(C)Nc1ccccc1-c1cccs1. The quantitative estimate of drug-likeness (QED) is 0.780. The zero-order valence-electron chi connectivity index (χ0n) is 10.4.